The molecule has 0 spiro atoms. The molecule has 0 saturated heterocycles. The number of aromatic nitrogens is 1. The van der Waals surface area contributed by atoms with Crippen molar-refractivity contribution >= 4 is 34.2 Å². The van der Waals surface area contributed by atoms with Gasteiger partial charge >= 0.3 is 5.97 Å². The fourth-order valence-corrected chi connectivity index (χ4v) is 3.29. The van der Waals surface area contributed by atoms with Crippen molar-refractivity contribution in [1.82, 2.24) is 10.3 Å². The Hall–Kier alpha value is -3.52. The van der Waals surface area contributed by atoms with Gasteiger partial charge in [0.05, 0.1) is 6.10 Å². The number of hydrogen-bond donors (Lipinski definition) is 4. The van der Waals surface area contributed by atoms with Gasteiger partial charge < -0.3 is 25.4 Å². The van der Waals surface area contributed by atoms with Crippen LogP contribution in [-0.4, -0.2) is 44.3 Å². The first kappa shape index (κ1) is 22.2. The molecule has 8 nitrogen and oxygen atoms in total. The van der Waals surface area contributed by atoms with E-state index in [1.165, 1.54) is 12.1 Å². The van der Waals surface area contributed by atoms with Crippen LogP contribution in [0.25, 0.3) is 10.8 Å². The van der Waals surface area contributed by atoms with Gasteiger partial charge in [-0.25, -0.2) is 9.78 Å². The molecule has 0 saturated carbocycles. The van der Waals surface area contributed by atoms with E-state index < -0.39 is 29.4 Å². The molecule has 0 fully saturated rings. The van der Waals surface area contributed by atoms with Crippen molar-refractivity contribution in [2.24, 2.45) is 0 Å². The van der Waals surface area contributed by atoms with Gasteiger partial charge in [0.2, 0.25) is 0 Å². The van der Waals surface area contributed by atoms with Gasteiger partial charge in [0.1, 0.15) is 22.7 Å². The van der Waals surface area contributed by atoms with Gasteiger partial charge in [0.25, 0.3) is 5.91 Å². The molecular weight excluding hydrogens is 424 g/mol. The Bertz CT molecular complexity index is 1130. The summed E-state index contributed by atoms with van der Waals surface area (Å²) >= 11 is 6.20. The van der Waals surface area contributed by atoms with E-state index >= 15 is 0 Å². The predicted molar refractivity (Wildman–Crippen MR) is 115 cm³/mol. The number of benzene rings is 2. The summed E-state index contributed by atoms with van der Waals surface area (Å²) in [5.41, 5.74) is 0.200. The molecule has 2 aromatic carbocycles. The number of phenolic OH excluding ortho intramolecular Hbond substituents is 1. The zero-order chi connectivity index (χ0) is 22.7. The molecule has 1 amide bonds. The van der Waals surface area contributed by atoms with Crippen LogP contribution in [0, 0.1) is 0 Å². The quantitative estimate of drug-likeness (QED) is 0.410. The number of fused-ring (bicyclic) bond motifs is 1. The number of ether oxygens (including phenoxy) is 1. The van der Waals surface area contributed by atoms with Crippen molar-refractivity contribution in [3.8, 4) is 17.2 Å². The summed E-state index contributed by atoms with van der Waals surface area (Å²) in [5.74, 6) is -2.06. The van der Waals surface area contributed by atoms with E-state index in [9.17, 15) is 24.9 Å². The molecule has 0 bridgehead atoms. The van der Waals surface area contributed by atoms with E-state index in [1.807, 2.05) is 13.8 Å². The van der Waals surface area contributed by atoms with Crippen LogP contribution < -0.4 is 10.1 Å². The molecule has 1 atom stereocenters. The van der Waals surface area contributed by atoms with E-state index in [0.29, 0.717) is 16.7 Å². The lowest BCUT2D eigenvalue weighted by Gasteiger charge is -2.16. The van der Waals surface area contributed by atoms with Crippen LogP contribution in [0.5, 0.6) is 17.2 Å². The third-order valence-electron chi connectivity index (χ3n) is 4.47. The largest absolute Gasteiger partial charge is 0.508 e. The number of carbonyl (C=O) groups is 2. The van der Waals surface area contributed by atoms with Gasteiger partial charge in [0.15, 0.2) is 11.4 Å². The van der Waals surface area contributed by atoms with Gasteiger partial charge in [-0.2, -0.15) is 0 Å². The number of pyridine rings is 1. The maximum absolute atomic E-state index is 12.8. The zero-order valence-electron chi connectivity index (χ0n) is 16.8. The summed E-state index contributed by atoms with van der Waals surface area (Å²) in [6.45, 7) is 3.70. The van der Waals surface area contributed by atoms with Crippen LogP contribution in [0.3, 0.4) is 0 Å². The van der Waals surface area contributed by atoms with Crippen LogP contribution in [0.15, 0.2) is 42.5 Å². The molecule has 0 radical (unpaired) electrons. The average molecular weight is 445 g/mol. The second-order valence-electron chi connectivity index (χ2n) is 7.21. The summed E-state index contributed by atoms with van der Waals surface area (Å²) in [5, 5.41) is 32.6. The summed E-state index contributed by atoms with van der Waals surface area (Å²) in [4.78, 5) is 28.4. The topological polar surface area (TPSA) is 129 Å². The zero-order valence-corrected chi connectivity index (χ0v) is 17.6. The van der Waals surface area contributed by atoms with Crippen molar-refractivity contribution in [3.05, 3.63) is 58.9 Å². The van der Waals surface area contributed by atoms with E-state index in [1.54, 1.807) is 30.3 Å². The third-order valence-corrected chi connectivity index (χ3v) is 4.76. The third kappa shape index (κ3) is 5.16. The molecule has 0 aliphatic heterocycles. The molecule has 0 aliphatic rings. The minimum Gasteiger partial charge on any atom is -0.508 e. The highest BCUT2D eigenvalue weighted by atomic mass is 35.5. The average Bonchev–Trinajstić information content (AvgIpc) is 2.71. The number of halogens is 1. The molecule has 0 unspecified atom stereocenters. The minimum absolute atomic E-state index is 0.0144. The lowest BCUT2D eigenvalue weighted by Crippen LogP contribution is -2.42. The monoisotopic (exact) mass is 444 g/mol. The van der Waals surface area contributed by atoms with Gasteiger partial charge in [-0.05, 0) is 49.7 Å². The summed E-state index contributed by atoms with van der Waals surface area (Å²) < 4.78 is 5.62. The molecule has 1 aromatic heterocycles. The lowest BCUT2D eigenvalue weighted by molar-refractivity contribution is -0.139. The number of carboxylic acids is 1. The Labute approximate surface area is 183 Å². The Morgan fingerprint density at radius 2 is 1.77 bits per heavy atom. The molecule has 4 N–H and O–H groups in total. The molecule has 3 rings (SSSR count). The number of carbonyl (C=O) groups excluding carboxylic acids is 1. The number of nitrogens with one attached hydrogen (secondary N) is 1. The molecule has 162 valence electrons. The first-order valence-electron chi connectivity index (χ1n) is 9.46. The number of nitrogens with zero attached hydrogens (tertiary/aromatic N) is 1. The van der Waals surface area contributed by atoms with E-state index in [2.05, 4.69) is 10.3 Å². The standard InChI is InChI=1S/C22H21ClN2O6/c1-11(2)31-14-7-8-15-16(10-14)19(27)18(25-20(15)23)21(28)24-17(22(29)30)9-12-3-5-13(26)6-4-12/h3-8,10-11,17,26-27H,9H2,1-2H3,(H,24,28)(H,29,30)/t17-/m0/s1. The molecule has 31 heavy (non-hydrogen) atoms. The normalized spacial score (nSPS) is 12.0. The maximum Gasteiger partial charge on any atom is 0.326 e. The van der Waals surface area contributed by atoms with Crippen LogP contribution in [0.4, 0.5) is 0 Å². The van der Waals surface area contributed by atoms with Gasteiger partial charge in [-0.3, -0.25) is 4.79 Å². The number of aromatic hydroxyl groups is 2. The molecule has 1 heterocycles. The predicted octanol–water partition coefficient (Wildman–Crippen LogP) is 3.51. The highest BCUT2D eigenvalue weighted by molar-refractivity contribution is 6.35. The number of aliphatic carboxylic acids is 1. The number of hydrogen-bond acceptors (Lipinski definition) is 6. The number of amides is 1. The van der Waals surface area contributed by atoms with E-state index in [-0.39, 0.29) is 28.8 Å². The Morgan fingerprint density at radius 3 is 2.39 bits per heavy atom. The summed E-state index contributed by atoms with van der Waals surface area (Å²) in [7, 11) is 0. The first-order chi connectivity index (χ1) is 14.7. The second-order valence-corrected chi connectivity index (χ2v) is 7.57. The molecule has 3 aromatic rings. The van der Waals surface area contributed by atoms with Crippen molar-refractivity contribution < 1.29 is 29.6 Å². The Kier molecular flexibility index (Phi) is 6.50. The number of carboxylic acid groups (broad SMARTS) is 1. The smallest absolute Gasteiger partial charge is 0.326 e. The van der Waals surface area contributed by atoms with Crippen LogP contribution in [-0.2, 0) is 11.2 Å². The van der Waals surface area contributed by atoms with Crippen molar-refractivity contribution in [2.75, 3.05) is 0 Å². The molecule has 9 heteroatoms. The minimum atomic E-state index is -1.29. The van der Waals surface area contributed by atoms with Gasteiger partial charge in [0, 0.05) is 17.2 Å². The van der Waals surface area contributed by atoms with Crippen molar-refractivity contribution in [3.63, 3.8) is 0 Å². The van der Waals surface area contributed by atoms with Crippen LogP contribution in [0.1, 0.15) is 29.9 Å². The molecule has 0 aliphatic carbocycles. The van der Waals surface area contributed by atoms with Gasteiger partial charge in [-0.15, -0.1) is 0 Å². The number of rotatable bonds is 7. The maximum atomic E-state index is 12.8. The summed E-state index contributed by atoms with van der Waals surface area (Å²) in [6, 6.07) is 9.49. The molecular formula is C22H21ClN2O6. The highest BCUT2D eigenvalue weighted by Gasteiger charge is 2.25. The van der Waals surface area contributed by atoms with Crippen molar-refractivity contribution in [2.45, 2.75) is 32.4 Å². The first-order valence-corrected chi connectivity index (χ1v) is 9.84. The fraction of sp³-hybridized carbons (Fsp3) is 0.227. The van der Waals surface area contributed by atoms with Crippen LogP contribution in [0.2, 0.25) is 5.15 Å². The van der Waals surface area contributed by atoms with Crippen LogP contribution >= 0.6 is 11.6 Å². The lowest BCUT2D eigenvalue weighted by atomic mass is 10.1. The Morgan fingerprint density at radius 1 is 1.10 bits per heavy atom. The van der Waals surface area contributed by atoms with E-state index in [4.69, 9.17) is 16.3 Å². The summed E-state index contributed by atoms with van der Waals surface area (Å²) in [6.07, 6.45) is -0.133. The van der Waals surface area contributed by atoms with Gasteiger partial charge in [-0.1, -0.05) is 23.7 Å². The Balaban J connectivity index is 1.91. The fourth-order valence-electron chi connectivity index (χ4n) is 3.04. The second kappa shape index (κ2) is 9.09. The van der Waals surface area contributed by atoms with Crippen molar-refractivity contribution in [1.29, 1.82) is 0 Å². The highest BCUT2D eigenvalue weighted by Crippen LogP contribution is 2.34. The van der Waals surface area contributed by atoms with E-state index in [0.717, 1.165) is 0 Å². The SMILES string of the molecule is CC(C)Oc1ccc2c(Cl)nc(C(=O)N[C@@H](Cc3ccc(O)cc3)C(=O)O)c(O)c2c1. The number of phenols is 1.